The summed E-state index contributed by atoms with van der Waals surface area (Å²) >= 11 is 0. The van der Waals surface area contributed by atoms with Gasteiger partial charge in [-0.1, -0.05) is 30.3 Å². The van der Waals surface area contributed by atoms with Crippen LogP contribution >= 0.6 is 0 Å². The maximum Gasteiger partial charge on any atom is 0.319 e. The maximum absolute atomic E-state index is 11.0. The lowest BCUT2D eigenvalue weighted by Gasteiger charge is -2.23. The summed E-state index contributed by atoms with van der Waals surface area (Å²) < 4.78 is 10.2. The van der Waals surface area contributed by atoms with E-state index in [1.807, 2.05) is 30.3 Å². The molecule has 114 valence electrons. The Hall–Kier alpha value is -2.67. The van der Waals surface area contributed by atoms with Crippen LogP contribution in [0.1, 0.15) is 11.3 Å². The minimum Gasteiger partial charge on any atom is -0.479 e. The Kier molecular flexibility index (Phi) is 3.42. The lowest BCUT2D eigenvalue weighted by Crippen LogP contribution is -2.41. The number of amidine groups is 1. The van der Waals surface area contributed by atoms with Gasteiger partial charge in [0, 0.05) is 6.42 Å². The zero-order chi connectivity index (χ0) is 15.7. The van der Waals surface area contributed by atoms with Gasteiger partial charge in [0.25, 0.3) is 0 Å². The van der Waals surface area contributed by atoms with Gasteiger partial charge in [0.15, 0.2) is 11.3 Å². The SMILES string of the molecule is COc1nc(OC)c2c(n1)C(O)(Cc1ccccc1)C(N)=N2. The number of hydrogen-bond donors (Lipinski definition) is 2. The molecule has 3 N–H and O–H groups in total. The normalized spacial score (nSPS) is 19.5. The smallest absolute Gasteiger partial charge is 0.319 e. The second-order valence-corrected chi connectivity index (χ2v) is 4.94. The van der Waals surface area contributed by atoms with Crippen LogP contribution in [0.3, 0.4) is 0 Å². The van der Waals surface area contributed by atoms with Gasteiger partial charge in [0.05, 0.1) is 14.2 Å². The second kappa shape index (κ2) is 5.27. The fourth-order valence-corrected chi connectivity index (χ4v) is 2.44. The summed E-state index contributed by atoms with van der Waals surface area (Å²) in [6.45, 7) is 0. The molecule has 2 aromatic rings. The predicted octanol–water partition coefficient (Wildman–Crippen LogP) is 0.926. The van der Waals surface area contributed by atoms with Crippen molar-refractivity contribution >= 4 is 11.5 Å². The highest BCUT2D eigenvalue weighted by Gasteiger charge is 2.44. The number of ether oxygens (including phenoxy) is 2. The van der Waals surface area contributed by atoms with E-state index in [0.717, 1.165) is 5.56 Å². The Balaban J connectivity index is 2.11. The van der Waals surface area contributed by atoms with Crippen molar-refractivity contribution in [2.24, 2.45) is 10.7 Å². The first-order valence-electron chi connectivity index (χ1n) is 6.70. The molecule has 1 unspecified atom stereocenters. The molecule has 0 aliphatic carbocycles. The van der Waals surface area contributed by atoms with Crippen molar-refractivity contribution in [2.75, 3.05) is 14.2 Å². The molecule has 0 fully saturated rings. The lowest BCUT2D eigenvalue weighted by molar-refractivity contribution is 0.108. The summed E-state index contributed by atoms with van der Waals surface area (Å²) in [5.41, 5.74) is 5.98. The number of aliphatic imine (C=N–C) groups is 1. The van der Waals surface area contributed by atoms with E-state index in [2.05, 4.69) is 15.0 Å². The van der Waals surface area contributed by atoms with Crippen LogP contribution in [-0.4, -0.2) is 35.1 Å². The van der Waals surface area contributed by atoms with Crippen molar-refractivity contribution in [1.29, 1.82) is 0 Å². The molecule has 7 nitrogen and oxygen atoms in total. The molecule has 0 bridgehead atoms. The molecular weight excluding hydrogens is 284 g/mol. The fourth-order valence-electron chi connectivity index (χ4n) is 2.44. The van der Waals surface area contributed by atoms with Gasteiger partial charge in [-0.2, -0.15) is 9.97 Å². The summed E-state index contributed by atoms with van der Waals surface area (Å²) in [5, 5.41) is 11.0. The van der Waals surface area contributed by atoms with Crippen LogP contribution in [-0.2, 0) is 12.0 Å². The Labute approximate surface area is 127 Å². The monoisotopic (exact) mass is 300 g/mol. The van der Waals surface area contributed by atoms with E-state index in [4.69, 9.17) is 15.2 Å². The van der Waals surface area contributed by atoms with Gasteiger partial charge < -0.3 is 20.3 Å². The van der Waals surface area contributed by atoms with E-state index < -0.39 is 5.60 Å². The lowest BCUT2D eigenvalue weighted by atomic mass is 9.91. The third-order valence-corrected chi connectivity index (χ3v) is 3.56. The van der Waals surface area contributed by atoms with E-state index in [-0.39, 0.29) is 29.8 Å². The Morgan fingerprint density at radius 1 is 1.14 bits per heavy atom. The molecule has 1 aliphatic rings. The number of methoxy groups -OCH3 is 2. The van der Waals surface area contributed by atoms with E-state index in [1.54, 1.807) is 0 Å². The van der Waals surface area contributed by atoms with Crippen LogP contribution in [0.15, 0.2) is 35.3 Å². The summed E-state index contributed by atoms with van der Waals surface area (Å²) in [5.74, 6) is 0.279. The van der Waals surface area contributed by atoms with Gasteiger partial charge in [0.1, 0.15) is 11.5 Å². The molecule has 3 rings (SSSR count). The number of nitrogens with zero attached hydrogens (tertiary/aromatic N) is 3. The van der Waals surface area contributed by atoms with Gasteiger partial charge in [-0.3, -0.25) is 0 Å². The molecule has 1 atom stereocenters. The van der Waals surface area contributed by atoms with E-state index in [0.29, 0.717) is 5.69 Å². The molecule has 1 aromatic carbocycles. The number of nitrogens with two attached hydrogens (primary N) is 1. The Morgan fingerprint density at radius 3 is 2.50 bits per heavy atom. The van der Waals surface area contributed by atoms with Crippen molar-refractivity contribution in [3.63, 3.8) is 0 Å². The summed E-state index contributed by atoms with van der Waals surface area (Å²) in [4.78, 5) is 12.5. The van der Waals surface area contributed by atoms with Gasteiger partial charge >= 0.3 is 6.01 Å². The number of benzene rings is 1. The molecule has 2 heterocycles. The second-order valence-electron chi connectivity index (χ2n) is 4.94. The van der Waals surface area contributed by atoms with Crippen molar-refractivity contribution in [2.45, 2.75) is 12.0 Å². The van der Waals surface area contributed by atoms with E-state index in [9.17, 15) is 5.11 Å². The van der Waals surface area contributed by atoms with E-state index >= 15 is 0 Å². The van der Waals surface area contributed by atoms with Crippen molar-refractivity contribution in [3.8, 4) is 11.9 Å². The summed E-state index contributed by atoms with van der Waals surface area (Å²) in [7, 11) is 2.90. The van der Waals surface area contributed by atoms with Crippen molar-refractivity contribution in [1.82, 2.24) is 9.97 Å². The quantitative estimate of drug-likeness (QED) is 0.870. The van der Waals surface area contributed by atoms with Gasteiger partial charge in [-0.25, -0.2) is 4.99 Å². The van der Waals surface area contributed by atoms with Crippen LogP contribution in [0.4, 0.5) is 5.69 Å². The Morgan fingerprint density at radius 2 is 1.86 bits per heavy atom. The molecule has 1 aliphatic heterocycles. The molecule has 0 amide bonds. The number of aromatic nitrogens is 2. The topological polar surface area (TPSA) is 103 Å². The van der Waals surface area contributed by atoms with Crippen LogP contribution in [0.2, 0.25) is 0 Å². The first kappa shape index (κ1) is 14.3. The minimum atomic E-state index is -1.51. The first-order chi connectivity index (χ1) is 10.6. The zero-order valence-electron chi connectivity index (χ0n) is 12.3. The summed E-state index contributed by atoms with van der Waals surface area (Å²) in [6, 6.07) is 9.58. The average Bonchev–Trinajstić information content (AvgIpc) is 2.79. The third-order valence-electron chi connectivity index (χ3n) is 3.56. The molecule has 7 heteroatoms. The highest BCUT2D eigenvalue weighted by atomic mass is 16.5. The molecular formula is C15H16N4O3. The largest absolute Gasteiger partial charge is 0.479 e. The highest BCUT2D eigenvalue weighted by Crippen LogP contribution is 2.43. The third kappa shape index (κ3) is 2.15. The van der Waals surface area contributed by atoms with Gasteiger partial charge in [0.2, 0.25) is 5.88 Å². The van der Waals surface area contributed by atoms with E-state index in [1.165, 1.54) is 14.2 Å². The van der Waals surface area contributed by atoms with Crippen LogP contribution in [0.5, 0.6) is 11.9 Å². The molecule has 0 saturated heterocycles. The fraction of sp³-hybridized carbons (Fsp3) is 0.267. The van der Waals surface area contributed by atoms with Gasteiger partial charge in [-0.15, -0.1) is 0 Å². The average molecular weight is 300 g/mol. The predicted molar refractivity (Wildman–Crippen MR) is 80.5 cm³/mol. The maximum atomic E-state index is 11.0. The minimum absolute atomic E-state index is 0.0622. The molecule has 1 aromatic heterocycles. The zero-order valence-corrected chi connectivity index (χ0v) is 12.3. The van der Waals surface area contributed by atoms with Gasteiger partial charge in [-0.05, 0) is 5.56 Å². The molecule has 0 radical (unpaired) electrons. The van der Waals surface area contributed by atoms with Crippen molar-refractivity contribution < 1.29 is 14.6 Å². The van der Waals surface area contributed by atoms with Crippen LogP contribution in [0.25, 0.3) is 0 Å². The molecule has 0 saturated carbocycles. The molecule has 0 spiro atoms. The number of rotatable bonds is 4. The highest BCUT2D eigenvalue weighted by molar-refractivity contribution is 5.98. The Bertz CT molecular complexity index is 733. The standard InChI is InChI=1S/C15H16N4O3/c1-21-12-10-11(18-14(19-12)22-2)15(20,13(16)17-10)8-9-6-4-3-5-7-9/h3-7,20H,8H2,1-2H3,(H2,16,17). The summed E-state index contributed by atoms with van der Waals surface area (Å²) in [6.07, 6.45) is 0.249. The number of hydrogen-bond acceptors (Lipinski definition) is 7. The van der Waals surface area contributed by atoms with Crippen LogP contribution in [0, 0.1) is 0 Å². The van der Waals surface area contributed by atoms with Crippen LogP contribution < -0.4 is 15.2 Å². The van der Waals surface area contributed by atoms with Crippen molar-refractivity contribution in [3.05, 3.63) is 41.6 Å². The number of fused-ring (bicyclic) bond motifs is 1. The first-order valence-corrected chi connectivity index (χ1v) is 6.70. The number of aliphatic hydroxyl groups is 1. The molecule has 22 heavy (non-hydrogen) atoms.